The van der Waals surface area contributed by atoms with Crippen LogP contribution in [0.1, 0.15) is 75.1 Å². The number of anilines is 1. The Morgan fingerprint density at radius 1 is 1.23 bits per heavy atom. The van der Waals surface area contributed by atoms with Crippen LogP contribution in [0.5, 0.6) is 0 Å². The van der Waals surface area contributed by atoms with Crippen molar-refractivity contribution in [1.82, 2.24) is 24.6 Å². The van der Waals surface area contributed by atoms with E-state index in [1.165, 1.54) is 5.56 Å². The second-order valence-electron chi connectivity index (χ2n) is 9.03. The standard InChI is InChI=1S/C23H34N6O/c1-5-28-15-18(13-24-28)14-27-11-6-7-20(27)22-25-17(4)19-8-9-21(30)29(23(19)26-22)12-10-16(2)3/h13,15-16,20H,5-12,14H2,1-4H3. The Balaban J connectivity index is 1.60. The fraction of sp³-hybridized carbons (Fsp3) is 0.652. The molecule has 2 aliphatic rings. The first kappa shape index (κ1) is 21.0. The zero-order chi connectivity index (χ0) is 21.3. The van der Waals surface area contributed by atoms with Gasteiger partial charge in [-0.25, -0.2) is 9.97 Å². The van der Waals surface area contributed by atoms with Gasteiger partial charge in [-0.2, -0.15) is 5.10 Å². The molecule has 2 aromatic heterocycles. The largest absolute Gasteiger partial charge is 0.296 e. The summed E-state index contributed by atoms with van der Waals surface area (Å²) in [5, 5.41) is 4.41. The van der Waals surface area contributed by atoms with E-state index in [0.29, 0.717) is 12.3 Å². The van der Waals surface area contributed by atoms with Gasteiger partial charge in [0, 0.05) is 49.1 Å². The van der Waals surface area contributed by atoms with E-state index in [9.17, 15) is 4.79 Å². The summed E-state index contributed by atoms with van der Waals surface area (Å²) in [4.78, 5) is 27.0. The zero-order valence-electron chi connectivity index (χ0n) is 18.8. The van der Waals surface area contributed by atoms with Crippen molar-refractivity contribution in [1.29, 1.82) is 0 Å². The normalized spacial score (nSPS) is 19.7. The van der Waals surface area contributed by atoms with Gasteiger partial charge in [-0.05, 0) is 52.0 Å². The number of fused-ring (bicyclic) bond motifs is 1. The zero-order valence-corrected chi connectivity index (χ0v) is 18.8. The fourth-order valence-electron chi connectivity index (χ4n) is 4.57. The van der Waals surface area contributed by atoms with Crippen LogP contribution in [0.2, 0.25) is 0 Å². The van der Waals surface area contributed by atoms with Gasteiger partial charge in [0.2, 0.25) is 5.91 Å². The summed E-state index contributed by atoms with van der Waals surface area (Å²) in [5.41, 5.74) is 3.41. The van der Waals surface area contributed by atoms with Gasteiger partial charge in [-0.15, -0.1) is 0 Å². The van der Waals surface area contributed by atoms with Crippen molar-refractivity contribution in [2.75, 3.05) is 18.0 Å². The minimum atomic E-state index is 0.197. The molecule has 2 aliphatic heterocycles. The van der Waals surface area contributed by atoms with Crippen molar-refractivity contribution in [3.05, 3.63) is 35.0 Å². The molecule has 0 aliphatic carbocycles. The van der Waals surface area contributed by atoms with E-state index < -0.39 is 0 Å². The van der Waals surface area contributed by atoms with Crippen LogP contribution in [-0.2, 0) is 24.3 Å². The van der Waals surface area contributed by atoms with Gasteiger partial charge in [0.15, 0.2) is 0 Å². The summed E-state index contributed by atoms with van der Waals surface area (Å²) in [7, 11) is 0. The number of amides is 1. The highest BCUT2D eigenvalue weighted by atomic mass is 16.2. The molecular weight excluding hydrogens is 376 g/mol. The monoisotopic (exact) mass is 410 g/mol. The van der Waals surface area contributed by atoms with Crippen molar-refractivity contribution in [3.8, 4) is 0 Å². The Labute approximate surface area is 179 Å². The lowest BCUT2D eigenvalue weighted by molar-refractivity contribution is -0.119. The lowest BCUT2D eigenvalue weighted by Gasteiger charge is -2.31. The predicted octanol–water partition coefficient (Wildman–Crippen LogP) is 3.66. The highest BCUT2D eigenvalue weighted by Gasteiger charge is 2.33. The second kappa shape index (κ2) is 8.84. The number of nitrogens with zero attached hydrogens (tertiary/aromatic N) is 6. The van der Waals surface area contributed by atoms with Crippen molar-refractivity contribution < 1.29 is 4.79 Å². The van der Waals surface area contributed by atoms with Gasteiger partial charge in [0.25, 0.3) is 0 Å². The Bertz CT molecular complexity index is 905. The van der Waals surface area contributed by atoms with E-state index in [1.807, 2.05) is 15.8 Å². The van der Waals surface area contributed by atoms with Gasteiger partial charge in [-0.3, -0.25) is 19.3 Å². The van der Waals surface area contributed by atoms with Gasteiger partial charge < -0.3 is 0 Å². The maximum Gasteiger partial charge on any atom is 0.228 e. The number of rotatable bonds is 7. The van der Waals surface area contributed by atoms with Crippen LogP contribution in [0.25, 0.3) is 0 Å². The molecule has 0 N–H and O–H groups in total. The number of aryl methyl sites for hydroxylation is 2. The van der Waals surface area contributed by atoms with Crippen LogP contribution in [-0.4, -0.2) is 43.6 Å². The molecule has 4 heterocycles. The maximum absolute atomic E-state index is 12.7. The number of hydrogen-bond acceptors (Lipinski definition) is 5. The van der Waals surface area contributed by atoms with E-state index in [1.54, 1.807) is 0 Å². The molecule has 1 amide bonds. The smallest absolute Gasteiger partial charge is 0.228 e. The molecule has 7 nitrogen and oxygen atoms in total. The minimum absolute atomic E-state index is 0.197. The van der Waals surface area contributed by atoms with Crippen molar-refractivity contribution in [3.63, 3.8) is 0 Å². The summed E-state index contributed by atoms with van der Waals surface area (Å²) >= 11 is 0. The molecule has 1 fully saturated rings. The second-order valence-corrected chi connectivity index (χ2v) is 9.03. The van der Waals surface area contributed by atoms with E-state index in [-0.39, 0.29) is 11.9 Å². The quantitative estimate of drug-likeness (QED) is 0.697. The predicted molar refractivity (Wildman–Crippen MR) is 117 cm³/mol. The third-order valence-corrected chi connectivity index (χ3v) is 6.34. The van der Waals surface area contributed by atoms with Crippen LogP contribution in [0.4, 0.5) is 5.82 Å². The van der Waals surface area contributed by atoms with Gasteiger partial charge in [-0.1, -0.05) is 13.8 Å². The van der Waals surface area contributed by atoms with Crippen molar-refractivity contribution in [2.45, 2.75) is 78.9 Å². The molecule has 1 unspecified atom stereocenters. The van der Waals surface area contributed by atoms with E-state index in [2.05, 4.69) is 43.9 Å². The van der Waals surface area contributed by atoms with Crippen molar-refractivity contribution in [2.24, 2.45) is 5.92 Å². The summed E-state index contributed by atoms with van der Waals surface area (Å²) in [5.74, 6) is 2.48. The van der Waals surface area contributed by atoms with E-state index in [0.717, 1.165) is 74.8 Å². The Morgan fingerprint density at radius 2 is 2.07 bits per heavy atom. The molecule has 1 atom stereocenters. The summed E-state index contributed by atoms with van der Waals surface area (Å²) in [6.07, 6.45) is 8.59. The van der Waals surface area contributed by atoms with Gasteiger partial charge >= 0.3 is 0 Å². The first-order valence-electron chi connectivity index (χ1n) is 11.4. The number of aromatic nitrogens is 4. The molecule has 0 aromatic carbocycles. The molecule has 7 heteroatoms. The molecule has 1 saturated heterocycles. The number of likely N-dealkylation sites (tertiary alicyclic amines) is 1. The molecule has 2 aromatic rings. The van der Waals surface area contributed by atoms with Crippen LogP contribution in [0.15, 0.2) is 12.4 Å². The van der Waals surface area contributed by atoms with Gasteiger partial charge in [0.05, 0.1) is 12.2 Å². The average Bonchev–Trinajstić information content (AvgIpc) is 3.36. The summed E-state index contributed by atoms with van der Waals surface area (Å²) in [6, 6.07) is 0.197. The maximum atomic E-state index is 12.7. The topological polar surface area (TPSA) is 67.2 Å². The summed E-state index contributed by atoms with van der Waals surface area (Å²) in [6.45, 7) is 12.1. The van der Waals surface area contributed by atoms with Crippen LogP contribution in [0.3, 0.4) is 0 Å². The fourth-order valence-corrected chi connectivity index (χ4v) is 4.57. The molecule has 0 saturated carbocycles. The highest BCUT2D eigenvalue weighted by Crippen LogP contribution is 2.35. The first-order valence-corrected chi connectivity index (χ1v) is 11.4. The summed E-state index contributed by atoms with van der Waals surface area (Å²) < 4.78 is 1.97. The number of carbonyl (C=O) groups excluding carboxylic acids is 1. The number of hydrogen-bond donors (Lipinski definition) is 0. The third-order valence-electron chi connectivity index (χ3n) is 6.34. The minimum Gasteiger partial charge on any atom is -0.296 e. The van der Waals surface area contributed by atoms with Crippen molar-refractivity contribution >= 4 is 11.7 Å². The molecule has 30 heavy (non-hydrogen) atoms. The van der Waals surface area contributed by atoms with Crippen LogP contribution < -0.4 is 4.90 Å². The average molecular weight is 411 g/mol. The lowest BCUT2D eigenvalue weighted by Crippen LogP contribution is -2.38. The first-order chi connectivity index (χ1) is 14.5. The molecule has 0 spiro atoms. The van der Waals surface area contributed by atoms with Crippen LogP contribution >= 0.6 is 0 Å². The highest BCUT2D eigenvalue weighted by molar-refractivity contribution is 5.95. The SMILES string of the molecule is CCn1cc(CN2CCCC2c2nc(C)c3c(n2)N(CCC(C)C)C(=O)CC3)cn1. The number of carbonyl (C=O) groups is 1. The molecule has 4 rings (SSSR count). The van der Waals surface area contributed by atoms with Gasteiger partial charge in [0.1, 0.15) is 11.6 Å². The Morgan fingerprint density at radius 3 is 2.80 bits per heavy atom. The lowest BCUT2D eigenvalue weighted by atomic mass is 10.0. The van der Waals surface area contributed by atoms with E-state index in [4.69, 9.17) is 9.97 Å². The van der Waals surface area contributed by atoms with Crippen LogP contribution in [0, 0.1) is 12.8 Å². The molecule has 162 valence electrons. The Hall–Kier alpha value is -2.28. The van der Waals surface area contributed by atoms with E-state index >= 15 is 0 Å². The molecule has 0 radical (unpaired) electrons. The Kier molecular flexibility index (Phi) is 6.18. The molecular formula is C23H34N6O. The third kappa shape index (κ3) is 4.26. The molecule has 0 bridgehead atoms.